The van der Waals surface area contributed by atoms with Gasteiger partial charge in [-0.2, -0.15) is 0 Å². The fourth-order valence-corrected chi connectivity index (χ4v) is 2.48. The molecule has 23 heavy (non-hydrogen) atoms. The number of nitrogens with zero attached hydrogens (tertiary/aromatic N) is 2. The second-order valence-electron chi connectivity index (χ2n) is 4.75. The third-order valence-corrected chi connectivity index (χ3v) is 3.48. The summed E-state index contributed by atoms with van der Waals surface area (Å²) in [7, 11) is 0. The molecule has 2 aromatic carbocycles. The Morgan fingerprint density at radius 1 is 1.00 bits per heavy atom. The summed E-state index contributed by atoms with van der Waals surface area (Å²) >= 11 is 0. The molecule has 0 atom stereocenters. The highest BCUT2D eigenvalue weighted by Crippen LogP contribution is 2.33. The van der Waals surface area contributed by atoms with E-state index in [1.165, 1.54) is 0 Å². The largest absolute Gasteiger partial charge is 0.399 e. The topological polar surface area (TPSA) is 89.4 Å². The predicted octanol–water partition coefficient (Wildman–Crippen LogP) is 3.24. The van der Waals surface area contributed by atoms with Crippen molar-refractivity contribution < 1.29 is 14.1 Å². The molecule has 0 saturated heterocycles. The zero-order chi connectivity index (χ0) is 16.6. The van der Waals surface area contributed by atoms with Gasteiger partial charge in [0.25, 0.3) is 11.8 Å². The molecule has 3 aromatic rings. The number of aromatic nitrogens is 1. The van der Waals surface area contributed by atoms with Crippen LogP contribution >= 0.6 is 0 Å². The van der Waals surface area contributed by atoms with Gasteiger partial charge >= 0.3 is 0 Å². The number of nitrogen functional groups attached to an aromatic ring is 1. The summed E-state index contributed by atoms with van der Waals surface area (Å²) in [6.45, 7) is 4.00. The number of carbonyl (C=O) groups is 2. The van der Waals surface area contributed by atoms with E-state index in [0.29, 0.717) is 27.8 Å². The fourth-order valence-electron chi connectivity index (χ4n) is 2.48. The minimum Gasteiger partial charge on any atom is -0.399 e. The van der Waals surface area contributed by atoms with Gasteiger partial charge in [-0.1, -0.05) is 31.1 Å². The number of imide groups is 1. The van der Waals surface area contributed by atoms with E-state index < -0.39 is 11.8 Å². The van der Waals surface area contributed by atoms with Crippen LogP contribution in [0, 0.1) is 0 Å². The Balaban J connectivity index is 0.000000753. The zero-order valence-corrected chi connectivity index (χ0v) is 12.7. The molecule has 6 nitrogen and oxygen atoms in total. The molecule has 0 fully saturated rings. The lowest BCUT2D eigenvalue weighted by Gasteiger charge is -2.09. The van der Waals surface area contributed by atoms with Crippen molar-refractivity contribution >= 4 is 34.3 Å². The van der Waals surface area contributed by atoms with E-state index in [0.717, 1.165) is 4.90 Å². The molecule has 0 saturated carbocycles. The SMILES string of the molecule is CC.Nc1ccc2c(N3C(=O)c4ccccc4C3=O)noc2c1. The Morgan fingerprint density at radius 3 is 2.22 bits per heavy atom. The zero-order valence-electron chi connectivity index (χ0n) is 12.7. The van der Waals surface area contributed by atoms with Gasteiger partial charge < -0.3 is 10.3 Å². The first kappa shape index (κ1) is 14.8. The lowest BCUT2D eigenvalue weighted by molar-refractivity contribution is 0.0924. The van der Waals surface area contributed by atoms with Crippen molar-refractivity contribution in [1.29, 1.82) is 0 Å². The van der Waals surface area contributed by atoms with Gasteiger partial charge in [-0.25, -0.2) is 4.90 Å². The third kappa shape index (κ3) is 2.15. The summed E-state index contributed by atoms with van der Waals surface area (Å²) in [4.78, 5) is 25.9. The van der Waals surface area contributed by atoms with Crippen molar-refractivity contribution in [2.75, 3.05) is 10.6 Å². The number of nitrogens with two attached hydrogens (primary N) is 1. The lowest BCUT2D eigenvalue weighted by Crippen LogP contribution is -2.29. The number of carbonyl (C=O) groups excluding carboxylic acids is 2. The predicted molar refractivity (Wildman–Crippen MR) is 87.4 cm³/mol. The van der Waals surface area contributed by atoms with Gasteiger partial charge in [0, 0.05) is 11.8 Å². The molecule has 0 aliphatic carbocycles. The molecule has 2 heterocycles. The Bertz CT molecular complexity index is 879. The van der Waals surface area contributed by atoms with Crippen molar-refractivity contribution in [2.24, 2.45) is 0 Å². The van der Waals surface area contributed by atoms with Gasteiger partial charge in [0.2, 0.25) is 0 Å². The highest BCUT2D eigenvalue weighted by Gasteiger charge is 2.38. The number of rotatable bonds is 1. The highest BCUT2D eigenvalue weighted by molar-refractivity contribution is 6.35. The van der Waals surface area contributed by atoms with Crippen LogP contribution in [0.1, 0.15) is 34.6 Å². The quantitative estimate of drug-likeness (QED) is 0.550. The molecular formula is C17H15N3O3. The van der Waals surface area contributed by atoms with Gasteiger partial charge in [0.05, 0.1) is 16.5 Å². The summed E-state index contributed by atoms with van der Waals surface area (Å²) < 4.78 is 5.16. The van der Waals surface area contributed by atoms with E-state index in [4.69, 9.17) is 10.3 Å². The van der Waals surface area contributed by atoms with E-state index in [-0.39, 0.29) is 5.82 Å². The normalized spacial score (nSPS) is 13.0. The number of fused-ring (bicyclic) bond motifs is 2. The fraction of sp³-hybridized carbons (Fsp3) is 0.118. The molecule has 0 bridgehead atoms. The van der Waals surface area contributed by atoms with E-state index in [1.807, 2.05) is 13.8 Å². The summed E-state index contributed by atoms with van der Waals surface area (Å²) in [5, 5.41) is 4.42. The highest BCUT2D eigenvalue weighted by atomic mass is 16.5. The van der Waals surface area contributed by atoms with Crippen LogP contribution in [0.25, 0.3) is 11.0 Å². The second-order valence-corrected chi connectivity index (χ2v) is 4.75. The maximum atomic E-state index is 12.4. The van der Waals surface area contributed by atoms with E-state index in [2.05, 4.69) is 5.16 Å². The monoisotopic (exact) mass is 309 g/mol. The van der Waals surface area contributed by atoms with Gasteiger partial charge in [0.15, 0.2) is 11.4 Å². The lowest BCUT2D eigenvalue weighted by atomic mass is 10.1. The molecule has 0 spiro atoms. The van der Waals surface area contributed by atoms with Crippen molar-refractivity contribution in [1.82, 2.24) is 5.16 Å². The first-order valence-corrected chi connectivity index (χ1v) is 7.29. The van der Waals surface area contributed by atoms with Crippen molar-refractivity contribution in [3.05, 3.63) is 53.6 Å². The Hall–Kier alpha value is -3.15. The molecule has 116 valence electrons. The summed E-state index contributed by atoms with van der Waals surface area (Å²) in [5.74, 6) is -0.610. The Labute approximate surface area is 132 Å². The standard InChI is InChI=1S/C15H9N3O3.C2H6/c16-8-5-6-11-12(7-8)21-17-13(11)18-14(19)9-3-1-2-4-10(9)15(18)20;1-2/h1-7H,16H2;1-2H3. The van der Waals surface area contributed by atoms with E-state index in [1.54, 1.807) is 42.5 Å². The molecule has 1 aromatic heterocycles. The van der Waals surface area contributed by atoms with Crippen LogP contribution in [0.3, 0.4) is 0 Å². The van der Waals surface area contributed by atoms with E-state index >= 15 is 0 Å². The number of amides is 2. The number of anilines is 2. The molecule has 2 N–H and O–H groups in total. The van der Waals surface area contributed by atoms with Crippen molar-refractivity contribution in [3.8, 4) is 0 Å². The summed E-state index contributed by atoms with van der Waals surface area (Å²) in [6.07, 6.45) is 0. The molecule has 1 aliphatic heterocycles. The molecule has 1 aliphatic rings. The van der Waals surface area contributed by atoms with Gasteiger partial charge in [0.1, 0.15) is 0 Å². The van der Waals surface area contributed by atoms with Gasteiger partial charge in [-0.15, -0.1) is 0 Å². The molecule has 0 unspecified atom stereocenters. The Kier molecular flexibility index (Phi) is 3.57. The summed E-state index contributed by atoms with van der Waals surface area (Å²) in [5.41, 5.74) is 7.37. The number of benzene rings is 2. The molecule has 0 radical (unpaired) electrons. The number of hydrogen-bond donors (Lipinski definition) is 1. The average Bonchev–Trinajstić information content (AvgIpc) is 3.09. The maximum absolute atomic E-state index is 12.4. The average molecular weight is 309 g/mol. The molecule has 4 rings (SSSR count). The minimum absolute atomic E-state index is 0.191. The van der Waals surface area contributed by atoms with E-state index in [9.17, 15) is 9.59 Å². The second kappa shape index (κ2) is 5.57. The minimum atomic E-state index is -0.400. The van der Waals surface area contributed by atoms with Crippen LogP contribution in [0.2, 0.25) is 0 Å². The molecular weight excluding hydrogens is 294 g/mol. The van der Waals surface area contributed by atoms with Gasteiger partial charge in [-0.3, -0.25) is 9.59 Å². The van der Waals surface area contributed by atoms with Crippen LogP contribution in [0.5, 0.6) is 0 Å². The summed E-state index contributed by atoms with van der Waals surface area (Å²) in [6, 6.07) is 11.6. The third-order valence-electron chi connectivity index (χ3n) is 3.48. The smallest absolute Gasteiger partial charge is 0.267 e. The van der Waals surface area contributed by atoms with Gasteiger partial charge in [-0.05, 0) is 24.3 Å². The van der Waals surface area contributed by atoms with Crippen LogP contribution < -0.4 is 10.6 Å². The van der Waals surface area contributed by atoms with Crippen LogP contribution in [-0.4, -0.2) is 17.0 Å². The van der Waals surface area contributed by atoms with Crippen molar-refractivity contribution in [2.45, 2.75) is 13.8 Å². The molecule has 2 amide bonds. The first-order valence-electron chi connectivity index (χ1n) is 7.29. The first-order chi connectivity index (χ1) is 11.2. The van der Waals surface area contributed by atoms with Crippen molar-refractivity contribution in [3.63, 3.8) is 0 Å². The number of hydrogen-bond acceptors (Lipinski definition) is 5. The van der Waals surface area contributed by atoms with Crippen LogP contribution in [-0.2, 0) is 0 Å². The van der Waals surface area contributed by atoms with Crippen LogP contribution in [0.4, 0.5) is 11.5 Å². The molecule has 6 heteroatoms. The maximum Gasteiger partial charge on any atom is 0.267 e. The van der Waals surface area contributed by atoms with Crippen LogP contribution in [0.15, 0.2) is 47.0 Å². The Morgan fingerprint density at radius 2 is 1.61 bits per heavy atom.